The zero-order valence-corrected chi connectivity index (χ0v) is 17.7. The maximum absolute atomic E-state index is 13.4. The van der Waals surface area contributed by atoms with Crippen LogP contribution in [0.5, 0.6) is 0 Å². The number of ether oxygens (including phenoxy) is 2. The van der Waals surface area contributed by atoms with Gasteiger partial charge in [-0.3, -0.25) is 4.90 Å². The van der Waals surface area contributed by atoms with E-state index in [9.17, 15) is 17.6 Å². The number of esters is 1. The number of benzene rings is 2. The number of aryl methyl sites for hydroxylation is 1. The summed E-state index contributed by atoms with van der Waals surface area (Å²) in [7, 11) is -2.56. The largest absolute Gasteiger partial charge is 0.465 e. The third kappa shape index (κ3) is 5.23. The molecule has 1 saturated heterocycles. The summed E-state index contributed by atoms with van der Waals surface area (Å²) >= 11 is 0. The lowest BCUT2D eigenvalue weighted by atomic mass is 10.0. The summed E-state index contributed by atoms with van der Waals surface area (Å²) in [5.41, 5.74) is 1.54. The number of nitrogens with zero attached hydrogens (tertiary/aromatic N) is 1. The zero-order chi connectivity index (χ0) is 21.7. The zero-order valence-electron chi connectivity index (χ0n) is 16.9. The van der Waals surface area contributed by atoms with Crippen molar-refractivity contribution in [3.8, 4) is 0 Å². The molecule has 162 valence electrons. The lowest BCUT2D eigenvalue weighted by molar-refractivity contribution is 0.0172. The third-order valence-corrected chi connectivity index (χ3v) is 6.68. The second-order valence-electron chi connectivity index (χ2n) is 7.04. The van der Waals surface area contributed by atoms with Crippen LogP contribution in [0.4, 0.5) is 4.39 Å². The van der Waals surface area contributed by atoms with Crippen molar-refractivity contribution in [2.24, 2.45) is 0 Å². The molecule has 1 unspecified atom stereocenters. The van der Waals surface area contributed by atoms with Crippen molar-refractivity contribution in [2.45, 2.75) is 17.9 Å². The Bertz CT molecular complexity index is 989. The molecular weight excluding hydrogens is 411 g/mol. The van der Waals surface area contributed by atoms with Crippen molar-refractivity contribution in [3.05, 3.63) is 65.0 Å². The standard InChI is InChI=1S/C21H25FN2O5S/c1-15-13-17(21(25)28-2)5-8-20(15)30(26,27)23-14-19(24-9-11-29-12-10-24)16-3-6-18(22)7-4-16/h3-8,13,19,23H,9-12,14H2,1-2H3. The predicted molar refractivity (Wildman–Crippen MR) is 109 cm³/mol. The molecular formula is C21H25FN2O5S. The van der Waals surface area contributed by atoms with E-state index in [-0.39, 0.29) is 28.9 Å². The van der Waals surface area contributed by atoms with Gasteiger partial charge in [0, 0.05) is 25.7 Å². The summed E-state index contributed by atoms with van der Waals surface area (Å²) in [5, 5.41) is 0. The van der Waals surface area contributed by atoms with Gasteiger partial charge in [-0.15, -0.1) is 0 Å². The van der Waals surface area contributed by atoms with Crippen LogP contribution in [0.25, 0.3) is 0 Å². The molecule has 2 aromatic carbocycles. The van der Waals surface area contributed by atoms with Gasteiger partial charge in [0.1, 0.15) is 5.82 Å². The van der Waals surface area contributed by atoms with E-state index in [0.717, 1.165) is 5.56 Å². The number of nitrogens with one attached hydrogen (secondary N) is 1. The van der Waals surface area contributed by atoms with Crippen LogP contribution in [0.3, 0.4) is 0 Å². The van der Waals surface area contributed by atoms with Crippen LogP contribution in [0.2, 0.25) is 0 Å². The molecule has 1 heterocycles. The smallest absolute Gasteiger partial charge is 0.337 e. The van der Waals surface area contributed by atoms with Crippen LogP contribution in [-0.4, -0.2) is 59.2 Å². The van der Waals surface area contributed by atoms with Gasteiger partial charge in [-0.05, 0) is 48.4 Å². The normalized spacial score (nSPS) is 16.2. The van der Waals surface area contributed by atoms with Crippen LogP contribution >= 0.6 is 0 Å². The first kappa shape index (κ1) is 22.4. The number of hydrogen-bond acceptors (Lipinski definition) is 6. The molecule has 1 aliphatic heterocycles. The number of hydrogen-bond donors (Lipinski definition) is 1. The number of carbonyl (C=O) groups is 1. The molecule has 0 amide bonds. The summed E-state index contributed by atoms with van der Waals surface area (Å²) in [6.45, 7) is 4.15. The molecule has 0 spiro atoms. The van der Waals surface area contributed by atoms with Gasteiger partial charge < -0.3 is 9.47 Å². The van der Waals surface area contributed by atoms with Crippen LogP contribution < -0.4 is 4.72 Å². The van der Waals surface area contributed by atoms with E-state index < -0.39 is 16.0 Å². The summed E-state index contributed by atoms with van der Waals surface area (Å²) in [4.78, 5) is 13.9. The first-order chi connectivity index (χ1) is 14.3. The molecule has 0 radical (unpaired) electrons. The number of carbonyl (C=O) groups excluding carboxylic acids is 1. The minimum Gasteiger partial charge on any atom is -0.465 e. The van der Waals surface area contributed by atoms with Crippen molar-refractivity contribution in [3.63, 3.8) is 0 Å². The van der Waals surface area contributed by atoms with E-state index in [1.807, 2.05) is 0 Å². The van der Waals surface area contributed by atoms with Crippen molar-refractivity contribution in [1.82, 2.24) is 9.62 Å². The molecule has 7 nitrogen and oxygen atoms in total. The van der Waals surface area contributed by atoms with Gasteiger partial charge in [0.2, 0.25) is 10.0 Å². The molecule has 0 bridgehead atoms. The fraction of sp³-hybridized carbons (Fsp3) is 0.381. The molecule has 0 aromatic heterocycles. The highest BCUT2D eigenvalue weighted by Gasteiger charge is 2.26. The Kier molecular flexibility index (Phi) is 7.19. The highest BCUT2D eigenvalue weighted by Crippen LogP contribution is 2.23. The minimum atomic E-state index is -3.82. The second-order valence-corrected chi connectivity index (χ2v) is 8.77. The van der Waals surface area contributed by atoms with E-state index in [0.29, 0.717) is 31.9 Å². The number of sulfonamides is 1. The number of rotatable bonds is 7. The van der Waals surface area contributed by atoms with Gasteiger partial charge in [-0.1, -0.05) is 12.1 Å². The van der Waals surface area contributed by atoms with Gasteiger partial charge in [0.25, 0.3) is 0 Å². The molecule has 3 rings (SSSR count). The van der Waals surface area contributed by atoms with Crippen LogP contribution in [0.15, 0.2) is 47.4 Å². The Hall–Kier alpha value is -2.33. The summed E-state index contributed by atoms with van der Waals surface area (Å²) < 4.78 is 52.0. The highest BCUT2D eigenvalue weighted by atomic mass is 32.2. The van der Waals surface area contributed by atoms with Crippen molar-refractivity contribution >= 4 is 16.0 Å². The molecule has 1 atom stereocenters. The lowest BCUT2D eigenvalue weighted by Gasteiger charge is -2.35. The molecule has 2 aromatic rings. The lowest BCUT2D eigenvalue weighted by Crippen LogP contribution is -2.43. The summed E-state index contributed by atoms with van der Waals surface area (Å²) in [6.07, 6.45) is 0. The van der Waals surface area contributed by atoms with Crippen LogP contribution in [0, 0.1) is 12.7 Å². The molecule has 1 fully saturated rings. The Labute approximate surface area is 175 Å². The second kappa shape index (κ2) is 9.65. The number of methoxy groups -OCH3 is 1. The van der Waals surface area contributed by atoms with E-state index in [2.05, 4.69) is 14.4 Å². The molecule has 0 aliphatic carbocycles. The number of morpholine rings is 1. The van der Waals surface area contributed by atoms with Crippen molar-refractivity contribution in [2.75, 3.05) is 40.0 Å². The Morgan fingerprint density at radius 1 is 1.20 bits per heavy atom. The third-order valence-electron chi connectivity index (χ3n) is 5.09. The predicted octanol–water partition coefficient (Wildman–Crippen LogP) is 2.27. The van der Waals surface area contributed by atoms with Crippen LogP contribution in [0.1, 0.15) is 27.5 Å². The van der Waals surface area contributed by atoms with Crippen LogP contribution in [-0.2, 0) is 19.5 Å². The summed E-state index contributed by atoms with van der Waals surface area (Å²) in [6, 6.07) is 10.1. The highest BCUT2D eigenvalue weighted by molar-refractivity contribution is 7.89. The monoisotopic (exact) mass is 436 g/mol. The topological polar surface area (TPSA) is 84.9 Å². The Morgan fingerprint density at radius 3 is 2.47 bits per heavy atom. The van der Waals surface area contributed by atoms with Gasteiger partial charge in [-0.2, -0.15) is 0 Å². The first-order valence-electron chi connectivity index (χ1n) is 9.57. The van der Waals surface area contributed by atoms with Crippen molar-refractivity contribution < 1.29 is 27.1 Å². The maximum atomic E-state index is 13.4. The molecule has 1 aliphatic rings. The first-order valence-corrected chi connectivity index (χ1v) is 11.1. The summed E-state index contributed by atoms with van der Waals surface area (Å²) in [5.74, 6) is -0.875. The van der Waals surface area contributed by atoms with E-state index in [4.69, 9.17) is 4.74 Å². The van der Waals surface area contributed by atoms with Gasteiger partial charge in [0.05, 0.1) is 30.8 Å². The van der Waals surface area contributed by atoms with E-state index >= 15 is 0 Å². The van der Waals surface area contributed by atoms with Gasteiger partial charge in [-0.25, -0.2) is 22.3 Å². The van der Waals surface area contributed by atoms with E-state index in [1.165, 1.54) is 37.4 Å². The maximum Gasteiger partial charge on any atom is 0.337 e. The average Bonchev–Trinajstić information content (AvgIpc) is 2.75. The number of halogens is 1. The Morgan fingerprint density at radius 2 is 1.87 bits per heavy atom. The quantitative estimate of drug-likeness (QED) is 0.671. The average molecular weight is 437 g/mol. The minimum absolute atomic E-state index is 0.0926. The molecule has 9 heteroatoms. The molecule has 0 saturated carbocycles. The van der Waals surface area contributed by atoms with Gasteiger partial charge in [0.15, 0.2) is 0 Å². The fourth-order valence-corrected chi connectivity index (χ4v) is 4.76. The van der Waals surface area contributed by atoms with Gasteiger partial charge >= 0.3 is 5.97 Å². The molecule has 1 N–H and O–H groups in total. The molecule has 30 heavy (non-hydrogen) atoms. The fourth-order valence-electron chi connectivity index (χ4n) is 3.49. The van der Waals surface area contributed by atoms with Crippen molar-refractivity contribution in [1.29, 1.82) is 0 Å². The van der Waals surface area contributed by atoms with E-state index in [1.54, 1.807) is 19.1 Å². The SMILES string of the molecule is COC(=O)c1ccc(S(=O)(=O)NCC(c2ccc(F)cc2)N2CCOCC2)c(C)c1. The Balaban J connectivity index is 1.81.